The molecular formula is C15H13FN2S. The lowest BCUT2D eigenvalue weighted by molar-refractivity contribution is 0.616. The number of hydrogen-bond donors (Lipinski definition) is 1. The van der Waals surface area contributed by atoms with Gasteiger partial charge < -0.3 is 5.32 Å². The highest BCUT2D eigenvalue weighted by molar-refractivity contribution is 7.17. The zero-order valence-corrected chi connectivity index (χ0v) is 11.2. The van der Waals surface area contributed by atoms with Gasteiger partial charge in [0.25, 0.3) is 0 Å². The van der Waals surface area contributed by atoms with Gasteiger partial charge in [-0.2, -0.15) is 0 Å². The van der Waals surface area contributed by atoms with Crippen LogP contribution in [0.1, 0.15) is 17.2 Å². The number of halogens is 1. The normalized spacial score (nSPS) is 12.7. The van der Waals surface area contributed by atoms with Crippen molar-refractivity contribution >= 4 is 21.6 Å². The van der Waals surface area contributed by atoms with Crippen LogP contribution in [0, 0.1) is 5.82 Å². The number of nitrogens with one attached hydrogen (secondary N) is 1. The van der Waals surface area contributed by atoms with Crippen molar-refractivity contribution < 1.29 is 4.39 Å². The Bertz CT molecular complexity index is 708. The molecule has 2 nitrogen and oxygen atoms in total. The molecule has 4 heteroatoms. The van der Waals surface area contributed by atoms with Crippen LogP contribution in [0.4, 0.5) is 4.39 Å². The van der Waals surface area contributed by atoms with Gasteiger partial charge in [0.05, 0.1) is 16.3 Å². The summed E-state index contributed by atoms with van der Waals surface area (Å²) in [6, 6.07) is 10.7. The van der Waals surface area contributed by atoms with Gasteiger partial charge >= 0.3 is 0 Å². The summed E-state index contributed by atoms with van der Waals surface area (Å²) in [6.07, 6.45) is 1.85. The van der Waals surface area contributed by atoms with E-state index < -0.39 is 0 Å². The molecule has 0 radical (unpaired) electrons. The van der Waals surface area contributed by atoms with Crippen LogP contribution >= 0.6 is 11.3 Å². The molecule has 0 saturated carbocycles. The van der Waals surface area contributed by atoms with Crippen molar-refractivity contribution in [2.45, 2.75) is 6.04 Å². The van der Waals surface area contributed by atoms with E-state index >= 15 is 0 Å². The third-order valence-electron chi connectivity index (χ3n) is 3.13. The Morgan fingerprint density at radius 1 is 1.21 bits per heavy atom. The first-order valence-electron chi connectivity index (χ1n) is 6.04. The highest BCUT2D eigenvalue weighted by Gasteiger charge is 2.13. The topological polar surface area (TPSA) is 24.9 Å². The highest BCUT2D eigenvalue weighted by atomic mass is 32.1. The second-order valence-electron chi connectivity index (χ2n) is 4.35. The van der Waals surface area contributed by atoms with Gasteiger partial charge in [-0.25, -0.2) is 4.39 Å². The van der Waals surface area contributed by atoms with Gasteiger partial charge in [-0.05, 0) is 47.8 Å². The minimum absolute atomic E-state index is 0.0466. The third-order valence-corrected chi connectivity index (χ3v) is 3.98. The molecule has 19 heavy (non-hydrogen) atoms. The van der Waals surface area contributed by atoms with Gasteiger partial charge in [-0.3, -0.25) is 4.98 Å². The molecule has 1 aromatic carbocycles. The Kier molecular flexibility index (Phi) is 3.27. The number of hydrogen-bond acceptors (Lipinski definition) is 3. The fourth-order valence-corrected chi connectivity index (χ4v) is 3.02. The van der Waals surface area contributed by atoms with E-state index in [2.05, 4.69) is 16.4 Å². The van der Waals surface area contributed by atoms with Gasteiger partial charge in [-0.1, -0.05) is 12.1 Å². The van der Waals surface area contributed by atoms with E-state index in [4.69, 9.17) is 0 Å². The molecule has 0 aliphatic heterocycles. The second kappa shape index (κ2) is 5.07. The molecule has 1 unspecified atom stereocenters. The van der Waals surface area contributed by atoms with Gasteiger partial charge in [0.15, 0.2) is 0 Å². The fourth-order valence-electron chi connectivity index (χ4n) is 2.23. The Morgan fingerprint density at radius 3 is 2.89 bits per heavy atom. The van der Waals surface area contributed by atoms with E-state index in [1.54, 1.807) is 23.5 Å². The first-order chi connectivity index (χ1) is 9.28. The van der Waals surface area contributed by atoms with E-state index in [1.807, 2.05) is 30.8 Å². The van der Waals surface area contributed by atoms with Crippen LogP contribution < -0.4 is 5.32 Å². The van der Waals surface area contributed by atoms with Gasteiger partial charge in [-0.15, -0.1) is 11.3 Å². The summed E-state index contributed by atoms with van der Waals surface area (Å²) in [7, 11) is 1.87. The molecule has 0 aliphatic carbocycles. The molecule has 2 heterocycles. The Labute approximate surface area is 114 Å². The van der Waals surface area contributed by atoms with Crippen LogP contribution in [0.25, 0.3) is 10.2 Å². The van der Waals surface area contributed by atoms with Gasteiger partial charge in [0, 0.05) is 6.20 Å². The lowest BCUT2D eigenvalue weighted by Gasteiger charge is -2.17. The van der Waals surface area contributed by atoms with E-state index in [0.29, 0.717) is 0 Å². The van der Waals surface area contributed by atoms with Crippen LogP contribution in [0.3, 0.4) is 0 Å². The summed E-state index contributed by atoms with van der Waals surface area (Å²) in [4.78, 5) is 4.43. The summed E-state index contributed by atoms with van der Waals surface area (Å²) in [5, 5.41) is 5.24. The first kappa shape index (κ1) is 12.3. The molecule has 1 atom stereocenters. The monoisotopic (exact) mass is 272 g/mol. The average Bonchev–Trinajstić information content (AvgIpc) is 2.87. The van der Waals surface area contributed by atoms with E-state index in [9.17, 15) is 4.39 Å². The predicted molar refractivity (Wildman–Crippen MR) is 76.9 cm³/mol. The van der Waals surface area contributed by atoms with Crippen molar-refractivity contribution in [2.24, 2.45) is 0 Å². The number of fused-ring (bicyclic) bond motifs is 1. The maximum atomic E-state index is 13.3. The fraction of sp³-hybridized carbons (Fsp3) is 0.133. The molecule has 0 spiro atoms. The molecule has 0 aliphatic rings. The molecule has 2 aromatic heterocycles. The lowest BCUT2D eigenvalue weighted by atomic mass is 10.0. The Morgan fingerprint density at radius 2 is 2.11 bits per heavy atom. The highest BCUT2D eigenvalue weighted by Crippen LogP contribution is 2.26. The van der Waals surface area contributed by atoms with Crippen molar-refractivity contribution in [1.82, 2.24) is 10.3 Å². The number of thiophene rings is 1. The van der Waals surface area contributed by atoms with Crippen molar-refractivity contribution in [1.29, 1.82) is 0 Å². The Hall–Kier alpha value is -1.78. The van der Waals surface area contributed by atoms with Crippen molar-refractivity contribution in [3.63, 3.8) is 0 Å². The van der Waals surface area contributed by atoms with Crippen molar-refractivity contribution in [3.05, 3.63) is 64.9 Å². The molecule has 96 valence electrons. The second-order valence-corrected chi connectivity index (χ2v) is 5.30. The maximum Gasteiger partial charge on any atom is 0.123 e. The molecule has 3 aromatic rings. The number of nitrogens with zero attached hydrogens (tertiary/aromatic N) is 1. The predicted octanol–water partition coefficient (Wildman–Crippen LogP) is 3.74. The first-order valence-corrected chi connectivity index (χ1v) is 6.92. The van der Waals surface area contributed by atoms with Crippen LogP contribution in [0.5, 0.6) is 0 Å². The molecule has 0 fully saturated rings. The van der Waals surface area contributed by atoms with Crippen LogP contribution in [0.15, 0.2) is 48.0 Å². The lowest BCUT2D eigenvalue weighted by Crippen LogP contribution is -2.17. The molecule has 0 amide bonds. The summed E-state index contributed by atoms with van der Waals surface area (Å²) in [5.41, 5.74) is 2.95. The summed E-state index contributed by atoms with van der Waals surface area (Å²) in [6.45, 7) is 0. The minimum Gasteiger partial charge on any atom is -0.309 e. The number of pyridine rings is 1. The molecule has 1 N–H and O–H groups in total. The number of rotatable bonds is 3. The minimum atomic E-state index is -0.220. The van der Waals surface area contributed by atoms with E-state index in [0.717, 1.165) is 21.3 Å². The molecular weight excluding hydrogens is 259 g/mol. The largest absolute Gasteiger partial charge is 0.309 e. The quantitative estimate of drug-likeness (QED) is 0.785. The number of benzene rings is 1. The average molecular weight is 272 g/mol. The third kappa shape index (κ3) is 2.37. The Balaban J connectivity index is 2.06. The number of aromatic nitrogens is 1. The summed E-state index contributed by atoms with van der Waals surface area (Å²) in [5.74, 6) is -0.220. The zero-order valence-electron chi connectivity index (χ0n) is 10.4. The standard InChI is InChI=1S/C15H13FN2S/c1-17-15(10-3-2-4-12(16)7-10)11-8-14-13(18-9-11)5-6-19-14/h2-9,15,17H,1H3. The van der Waals surface area contributed by atoms with Gasteiger partial charge in [0.2, 0.25) is 0 Å². The molecule has 0 bridgehead atoms. The van der Waals surface area contributed by atoms with Gasteiger partial charge in [0.1, 0.15) is 5.82 Å². The maximum absolute atomic E-state index is 13.3. The van der Waals surface area contributed by atoms with Crippen LogP contribution in [-0.2, 0) is 0 Å². The summed E-state index contributed by atoms with van der Waals surface area (Å²) >= 11 is 1.66. The van der Waals surface area contributed by atoms with Crippen LogP contribution in [0.2, 0.25) is 0 Å². The van der Waals surface area contributed by atoms with Crippen molar-refractivity contribution in [2.75, 3.05) is 7.05 Å². The zero-order chi connectivity index (χ0) is 13.2. The van der Waals surface area contributed by atoms with E-state index in [1.165, 1.54) is 6.07 Å². The molecule has 0 saturated heterocycles. The SMILES string of the molecule is CNC(c1cccc(F)c1)c1cnc2ccsc2c1. The van der Waals surface area contributed by atoms with Crippen LogP contribution in [-0.4, -0.2) is 12.0 Å². The van der Waals surface area contributed by atoms with E-state index in [-0.39, 0.29) is 11.9 Å². The summed E-state index contributed by atoms with van der Waals surface area (Å²) < 4.78 is 14.5. The smallest absolute Gasteiger partial charge is 0.123 e. The van der Waals surface area contributed by atoms with Crippen molar-refractivity contribution in [3.8, 4) is 0 Å². The molecule has 3 rings (SSSR count).